The molecule has 1 spiro atoms. The number of carbonyl (C=O) groups is 4. The molecule has 1 aromatic carbocycles. The Balaban J connectivity index is 1.40. The van der Waals surface area contributed by atoms with Gasteiger partial charge in [-0.3, -0.25) is 19.3 Å². The Morgan fingerprint density at radius 2 is 2.00 bits per heavy atom. The highest BCUT2D eigenvalue weighted by Gasteiger charge is 2.55. The predicted octanol–water partition coefficient (Wildman–Crippen LogP) is 2.70. The molecule has 1 aliphatic carbocycles. The number of hydrogen-bond acceptors (Lipinski definition) is 5. The molecule has 8 heteroatoms. The van der Waals surface area contributed by atoms with Crippen LogP contribution in [0, 0.1) is 12.8 Å². The van der Waals surface area contributed by atoms with Crippen LogP contribution in [-0.2, 0) is 14.3 Å². The summed E-state index contributed by atoms with van der Waals surface area (Å²) >= 11 is 0. The van der Waals surface area contributed by atoms with Crippen LogP contribution >= 0.6 is 0 Å². The molecule has 0 unspecified atom stereocenters. The van der Waals surface area contributed by atoms with Gasteiger partial charge < -0.3 is 15.0 Å². The van der Waals surface area contributed by atoms with E-state index in [4.69, 9.17) is 4.74 Å². The number of esters is 1. The fraction of sp³-hybridized carbons (Fsp3) is 0.455. The van der Waals surface area contributed by atoms with Gasteiger partial charge in [-0.25, -0.2) is 4.79 Å². The van der Waals surface area contributed by atoms with Gasteiger partial charge in [0.2, 0.25) is 5.78 Å². The van der Waals surface area contributed by atoms with E-state index in [-0.39, 0.29) is 17.6 Å². The monoisotopic (exact) mass is 411 g/mol. The van der Waals surface area contributed by atoms with E-state index in [1.54, 1.807) is 6.92 Å². The molecular formula is C22H25N3O5. The third kappa shape index (κ3) is 3.26. The molecule has 3 amide bonds. The van der Waals surface area contributed by atoms with Crippen LogP contribution in [0.2, 0.25) is 0 Å². The maximum atomic E-state index is 12.9. The Kier molecular flexibility index (Phi) is 5.09. The Hall–Kier alpha value is -3.16. The number of aromatic amines is 1. The van der Waals surface area contributed by atoms with Crippen molar-refractivity contribution in [1.29, 1.82) is 0 Å². The van der Waals surface area contributed by atoms with Crippen molar-refractivity contribution in [2.45, 2.75) is 45.1 Å². The molecule has 1 saturated carbocycles. The molecule has 2 atom stereocenters. The average Bonchev–Trinajstić information content (AvgIpc) is 3.17. The largest absolute Gasteiger partial charge is 0.456 e. The fourth-order valence-electron chi connectivity index (χ4n) is 4.67. The zero-order valence-corrected chi connectivity index (χ0v) is 17.1. The van der Waals surface area contributed by atoms with Crippen LogP contribution in [-0.4, -0.2) is 52.3 Å². The van der Waals surface area contributed by atoms with Crippen LogP contribution in [0.15, 0.2) is 24.3 Å². The molecule has 8 nitrogen and oxygen atoms in total. The smallest absolute Gasteiger partial charge is 0.326 e. The summed E-state index contributed by atoms with van der Waals surface area (Å²) in [6.45, 7) is 2.78. The van der Waals surface area contributed by atoms with Crippen molar-refractivity contribution >= 4 is 34.6 Å². The van der Waals surface area contributed by atoms with E-state index in [9.17, 15) is 19.2 Å². The highest BCUT2D eigenvalue weighted by Crippen LogP contribution is 2.38. The van der Waals surface area contributed by atoms with E-state index in [1.165, 1.54) is 0 Å². The molecule has 1 aliphatic heterocycles. The summed E-state index contributed by atoms with van der Waals surface area (Å²) in [5.41, 5.74) is 1.07. The number of H-pyrrole nitrogens is 1. The number of urea groups is 1. The molecule has 2 heterocycles. The van der Waals surface area contributed by atoms with Crippen LogP contribution in [0.5, 0.6) is 0 Å². The van der Waals surface area contributed by atoms with Crippen LogP contribution in [0.3, 0.4) is 0 Å². The molecular weight excluding hydrogens is 386 g/mol. The Labute approximate surface area is 173 Å². The molecule has 2 fully saturated rings. The van der Waals surface area contributed by atoms with Crippen molar-refractivity contribution in [1.82, 2.24) is 15.2 Å². The normalized spacial score (nSPS) is 23.8. The Bertz CT molecular complexity index is 1040. The van der Waals surface area contributed by atoms with Gasteiger partial charge >= 0.3 is 12.0 Å². The number of para-hydroxylation sites is 1. The highest BCUT2D eigenvalue weighted by atomic mass is 16.5. The van der Waals surface area contributed by atoms with Crippen LogP contribution in [0.1, 0.15) is 48.7 Å². The zero-order chi connectivity index (χ0) is 21.5. The first-order valence-corrected chi connectivity index (χ1v) is 10.2. The minimum atomic E-state index is -0.924. The zero-order valence-electron chi connectivity index (χ0n) is 17.1. The summed E-state index contributed by atoms with van der Waals surface area (Å²) in [6.07, 6.45) is 3.29. The number of fused-ring (bicyclic) bond motifs is 1. The molecule has 158 valence electrons. The molecule has 0 radical (unpaired) electrons. The van der Waals surface area contributed by atoms with Crippen molar-refractivity contribution in [2.24, 2.45) is 5.92 Å². The van der Waals surface area contributed by atoms with Crippen molar-refractivity contribution < 1.29 is 23.9 Å². The number of aryl methyl sites for hydroxylation is 1. The fourth-order valence-corrected chi connectivity index (χ4v) is 4.67. The third-order valence-electron chi connectivity index (χ3n) is 6.33. The number of carbonyl (C=O) groups excluding carboxylic acids is 4. The van der Waals surface area contributed by atoms with Crippen LogP contribution in [0.25, 0.3) is 10.9 Å². The van der Waals surface area contributed by atoms with Gasteiger partial charge in [-0.05, 0) is 31.7 Å². The Morgan fingerprint density at radius 3 is 2.77 bits per heavy atom. The van der Waals surface area contributed by atoms with Crippen molar-refractivity contribution in [2.75, 3.05) is 13.2 Å². The van der Waals surface area contributed by atoms with Gasteiger partial charge in [0.05, 0.1) is 0 Å². The number of ketones is 1. The number of amides is 3. The number of Topliss-reactive ketones (excluding diaryl/α,β-unsaturated/α-hetero) is 1. The molecule has 2 aromatic rings. The summed E-state index contributed by atoms with van der Waals surface area (Å²) in [5, 5.41) is 3.56. The summed E-state index contributed by atoms with van der Waals surface area (Å²) in [7, 11) is 0. The number of nitrogens with zero attached hydrogens (tertiary/aromatic N) is 1. The molecule has 1 aromatic heterocycles. The number of benzene rings is 1. The lowest BCUT2D eigenvalue weighted by Crippen LogP contribution is -2.54. The van der Waals surface area contributed by atoms with E-state index < -0.39 is 30.7 Å². The number of imide groups is 1. The van der Waals surface area contributed by atoms with Gasteiger partial charge in [-0.15, -0.1) is 0 Å². The van der Waals surface area contributed by atoms with Crippen LogP contribution < -0.4 is 5.32 Å². The molecule has 4 rings (SSSR count). The van der Waals surface area contributed by atoms with Gasteiger partial charge in [0.1, 0.15) is 12.1 Å². The standard InChI is InChI=1S/C22H25N3O5/c1-13-7-5-6-10-22(13)20(28)25(21(29)24-22)11-18(27)30-12-17(26)19-14(2)23-16-9-4-3-8-15(16)19/h3-4,8-9,13,23H,5-7,10-12H2,1-2H3,(H,24,29)/t13-,22+/m0/s1. The SMILES string of the molecule is Cc1[nH]c2ccccc2c1C(=O)COC(=O)CN1C(=O)N[C@@]2(CCCC[C@@H]2C)C1=O. The number of nitrogens with one attached hydrogen (secondary N) is 2. The second-order valence-corrected chi connectivity index (χ2v) is 8.19. The second kappa shape index (κ2) is 7.59. The second-order valence-electron chi connectivity index (χ2n) is 8.19. The molecule has 0 bridgehead atoms. The molecule has 30 heavy (non-hydrogen) atoms. The van der Waals surface area contributed by atoms with Gasteiger partial charge in [0.15, 0.2) is 6.61 Å². The minimum Gasteiger partial charge on any atom is -0.456 e. The van der Waals surface area contributed by atoms with Crippen molar-refractivity contribution in [3.63, 3.8) is 0 Å². The van der Waals surface area contributed by atoms with Crippen LogP contribution in [0.4, 0.5) is 4.79 Å². The number of hydrogen-bond donors (Lipinski definition) is 2. The summed E-state index contributed by atoms with van der Waals surface area (Å²) in [4.78, 5) is 54.3. The first-order valence-electron chi connectivity index (χ1n) is 10.2. The first kappa shape index (κ1) is 20.1. The quantitative estimate of drug-likeness (QED) is 0.447. The van der Waals surface area contributed by atoms with E-state index >= 15 is 0 Å². The lowest BCUT2D eigenvalue weighted by Gasteiger charge is -2.36. The topological polar surface area (TPSA) is 109 Å². The van der Waals surface area contributed by atoms with Gasteiger partial charge in [-0.1, -0.05) is 38.0 Å². The highest BCUT2D eigenvalue weighted by molar-refractivity contribution is 6.11. The Morgan fingerprint density at radius 1 is 1.23 bits per heavy atom. The first-order chi connectivity index (χ1) is 14.3. The number of rotatable bonds is 5. The van der Waals surface area contributed by atoms with E-state index in [0.29, 0.717) is 17.7 Å². The van der Waals surface area contributed by atoms with E-state index in [0.717, 1.165) is 35.1 Å². The van der Waals surface area contributed by atoms with Gasteiger partial charge in [-0.2, -0.15) is 0 Å². The maximum absolute atomic E-state index is 12.9. The third-order valence-corrected chi connectivity index (χ3v) is 6.33. The van der Waals surface area contributed by atoms with Gasteiger partial charge in [0, 0.05) is 22.2 Å². The van der Waals surface area contributed by atoms with E-state index in [1.807, 2.05) is 31.2 Å². The molecule has 2 N–H and O–H groups in total. The summed E-state index contributed by atoms with van der Waals surface area (Å²) < 4.78 is 5.12. The minimum absolute atomic E-state index is 0.00939. The van der Waals surface area contributed by atoms with Gasteiger partial charge in [0.25, 0.3) is 5.91 Å². The average molecular weight is 411 g/mol. The van der Waals surface area contributed by atoms with E-state index in [2.05, 4.69) is 10.3 Å². The lowest BCUT2D eigenvalue weighted by molar-refractivity contribution is -0.147. The summed E-state index contributed by atoms with van der Waals surface area (Å²) in [6, 6.07) is 6.81. The molecule has 2 aliphatic rings. The predicted molar refractivity (Wildman–Crippen MR) is 109 cm³/mol. The maximum Gasteiger partial charge on any atom is 0.326 e. The lowest BCUT2D eigenvalue weighted by atomic mass is 9.73. The number of aromatic nitrogens is 1. The van der Waals surface area contributed by atoms with Crippen molar-refractivity contribution in [3.05, 3.63) is 35.5 Å². The summed E-state index contributed by atoms with van der Waals surface area (Å²) in [5.74, 6) is -1.50. The number of ether oxygens (including phenoxy) is 1. The van der Waals surface area contributed by atoms with Crippen molar-refractivity contribution in [3.8, 4) is 0 Å². The molecule has 1 saturated heterocycles.